The minimum Gasteiger partial charge on any atom is -0.300 e. The van der Waals surface area contributed by atoms with Crippen LogP contribution < -0.4 is 0 Å². The summed E-state index contributed by atoms with van der Waals surface area (Å²) in [4.78, 5) is 15.4. The molecule has 0 saturated carbocycles. The summed E-state index contributed by atoms with van der Waals surface area (Å²) < 4.78 is 0. The molecule has 0 radical (unpaired) electrons. The summed E-state index contributed by atoms with van der Waals surface area (Å²) in [5.41, 5.74) is 2.37. The van der Waals surface area contributed by atoms with E-state index in [1.165, 1.54) is 5.56 Å². The van der Waals surface area contributed by atoms with Gasteiger partial charge in [0.2, 0.25) is 0 Å². The number of Topliss-reactive ketones (excluding diaryl/α,β-unsaturated/α-hetero) is 1. The molecule has 13 heavy (non-hydrogen) atoms. The van der Waals surface area contributed by atoms with Gasteiger partial charge in [0, 0.05) is 24.7 Å². The van der Waals surface area contributed by atoms with E-state index < -0.39 is 0 Å². The molecule has 2 rings (SSSR count). The lowest BCUT2D eigenvalue weighted by Crippen LogP contribution is -1.95. The molecule has 2 nitrogen and oxygen atoms in total. The van der Waals surface area contributed by atoms with Crippen LogP contribution in [0.25, 0.3) is 0 Å². The molecular formula is C10H12ClNO. The van der Waals surface area contributed by atoms with Gasteiger partial charge in [-0.1, -0.05) is 6.07 Å². The summed E-state index contributed by atoms with van der Waals surface area (Å²) in [5.74, 6) is 0.369. The van der Waals surface area contributed by atoms with Gasteiger partial charge in [0.1, 0.15) is 5.78 Å². The topological polar surface area (TPSA) is 30.0 Å². The quantitative estimate of drug-likeness (QED) is 0.595. The van der Waals surface area contributed by atoms with Gasteiger partial charge in [-0.05, 0) is 24.5 Å². The molecule has 0 atom stereocenters. The van der Waals surface area contributed by atoms with Crippen LogP contribution in [0.1, 0.15) is 24.1 Å². The van der Waals surface area contributed by atoms with Crippen LogP contribution in [0.5, 0.6) is 0 Å². The molecule has 3 heteroatoms. The Morgan fingerprint density at radius 3 is 2.77 bits per heavy atom. The Kier molecular flexibility index (Phi) is 3.43. The van der Waals surface area contributed by atoms with Crippen LogP contribution in [0.2, 0.25) is 0 Å². The number of aryl methyl sites for hydroxylation is 2. The standard InChI is InChI=1S/C10H11NO.ClH/c12-9-4-3-8-2-1-7-11-10(8)6-5-9;/h1-2,7H,3-6H2;1H. The van der Waals surface area contributed by atoms with Crippen molar-refractivity contribution in [1.82, 2.24) is 4.98 Å². The number of nitrogens with zero attached hydrogens (tertiary/aromatic N) is 1. The highest BCUT2D eigenvalue weighted by Crippen LogP contribution is 2.15. The second kappa shape index (κ2) is 4.38. The third-order valence-electron chi connectivity index (χ3n) is 2.30. The molecule has 0 fully saturated rings. The number of carbonyl (C=O) groups is 1. The number of rotatable bonds is 0. The second-order valence-electron chi connectivity index (χ2n) is 3.15. The highest BCUT2D eigenvalue weighted by Gasteiger charge is 2.12. The van der Waals surface area contributed by atoms with Gasteiger partial charge in [0.15, 0.2) is 0 Å². The first-order valence-corrected chi connectivity index (χ1v) is 4.31. The van der Waals surface area contributed by atoms with E-state index in [1.807, 2.05) is 6.07 Å². The molecule has 1 aliphatic rings. The first kappa shape index (κ1) is 10.2. The number of hydrogen-bond donors (Lipinski definition) is 0. The SMILES string of the molecule is Cl.O=C1CCc2cccnc2CC1. The van der Waals surface area contributed by atoms with Gasteiger partial charge in [0.25, 0.3) is 0 Å². The maximum atomic E-state index is 11.1. The Bertz CT molecular complexity index is 283. The Hall–Kier alpha value is -0.890. The van der Waals surface area contributed by atoms with Crippen LogP contribution >= 0.6 is 12.4 Å². The lowest BCUT2D eigenvalue weighted by molar-refractivity contribution is -0.118. The summed E-state index contributed by atoms with van der Waals surface area (Å²) in [5, 5.41) is 0. The minimum absolute atomic E-state index is 0. The zero-order chi connectivity index (χ0) is 8.39. The zero-order valence-electron chi connectivity index (χ0n) is 7.32. The molecular weight excluding hydrogens is 186 g/mol. The van der Waals surface area contributed by atoms with Crippen LogP contribution in [0.3, 0.4) is 0 Å². The molecule has 70 valence electrons. The lowest BCUT2D eigenvalue weighted by Gasteiger charge is -2.00. The third kappa shape index (κ3) is 2.28. The Morgan fingerprint density at radius 2 is 1.92 bits per heavy atom. The van der Waals surface area contributed by atoms with Gasteiger partial charge in [-0.3, -0.25) is 9.78 Å². The fraction of sp³-hybridized carbons (Fsp3) is 0.400. The van der Waals surface area contributed by atoms with Crippen molar-refractivity contribution in [1.29, 1.82) is 0 Å². The number of carbonyl (C=O) groups excluding carboxylic acids is 1. The highest BCUT2D eigenvalue weighted by atomic mass is 35.5. The summed E-state index contributed by atoms with van der Waals surface area (Å²) in [6.45, 7) is 0. The van der Waals surface area contributed by atoms with Crippen molar-refractivity contribution in [2.75, 3.05) is 0 Å². The van der Waals surface area contributed by atoms with Gasteiger partial charge >= 0.3 is 0 Å². The van der Waals surface area contributed by atoms with Crippen molar-refractivity contribution in [2.24, 2.45) is 0 Å². The number of aromatic nitrogens is 1. The maximum Gasteiger partial charge on any atom is 0.133 e. The predicted octanol–water partition coefficient (Wildman–Crippen LogP) is 1.95. The van der Waals surface area contributed by atoms with Gasteiger partial charge in [-0.15, -0.1) is 12.4 Å². The van der Waals surface area contributed by atoms with E-state index in [9.17, 15) is 4.79 Å². The van der Waals surface area contributed by atoms with Gasteiger partial charge in [0.05, 0.1) is 0 Å². The van der Waals surface area contributed by atoms with E-state index in [1.54, 1.807) is 6.20 Å². The van der Waals surface area contributed by atoms with E-state index in [0.29, 0.717) is 18.6 Å². The van der Waals surface area contributed by atoms with E-state index in [2.05, 4.69) is 11.1 Å². The molecule has 0 spiro atoms. The van der Waals surface area contributed by atoms with Crippen molar-refractivity contribution >= 4 is 18.2 Å². The van der Waals surface area contributed by atoms with Crippen LogP contribution in [-0.2, 0) is 17.6 Å². The fourth-order valence-corrected chi connectivity index (χ4v) is 1.58. The first-order valence-electron chi connectivity index (χ1n) is 4.31. The average Bonchev–Trinajstić information content (AvgIpc) is 2.29. The highest BCUT2D eigenvalue weighted by molar-refractivity contribution is 5.85. The van der Waals surface area contributed by atoms with E-state index in [-0.39, 0.29) is 12.4 Å². The van der Waals surface area contributed by atoms with Crippen LogP contribution in [-0.4, -0.2) is 10.8 Å². The van der Waals surface area contributed by atoms with Gasteiger partial charge in [-0.25, -0.2) is 0 Å². The van der Waals surface area contributed by atoms with Crippen LogP contribution in [0, 0.1) is 0 Å². The molecule has 0 aromatic carbocycles. The second-order valence-corrected chi connectivity index (χ2v) is 3.15. The van der Waals surface area contributed by atoms with E-state index >= 15 is 0 Å². The predicted molar refractivity (Wildman–Crippen MR) is 53.1 cm³/mol. The Morgan fingerprint density at radius 1 is 1.15 bits per heavy atom. The first-order chi connectivity index (χ1) is 5.86. The summed E-state index contributed by atoms with van der Waals surface area (Å²) in [6.07, 6.45) is 4.87. The van der Waals surface area contributed by atoms with Crippen molar-refractivity contribution in [3.63, 3.8) is 0 Å². The smallest absolute Gasteiger partial charge is 0.133 e. The molecule has 0 unspecified atom stereocenters. The maximum absolute atomic E-state index is 11.1. The molecule has 0 saturated heterocycles. The molecule has 1 aromatic heterocycles. The number of fused-ring (bicyclic) bond motifs is 1. The lowest BCUT2D eigenvalue weighted by atomic mass is 10.1. The fourth-order valence-electron chi connectivity index (χ4n) is 1.58. The Labute approximate surface area is 83.8 Å². The molecule has 0 N–H and O–H groups in total. The minimum atomic E-state index is 0. The van der Waals surface area contributed by atoms with Crippen molar-refractivity contribution < 1.29 is 4.79 Å². The molecule has 0 amide bonds. The normalized spacial score (nSPS) is 15.5. The third-order valence-corrected chi connectivity index (χ3v) is 2.30. The monoisotopic (exact) mass is 197 g/mol. The van der Waals surface area contributed by atoms with Crippen LogP contribution in [0.15, 0.2) is 18.3 Å². The van der Waals surface area contributed by atoms with E-state index in [4.69, 9.17) is 0 Å². The van der Waals surface area contributed by atoms with Crippen molar-refractivity contribution in [3.05, 3.63) is 29.6 Å². The summed E-state index contributed by atoms with van der Waals surface area (Å²) in [6, 6.07) is 4.01. The van der Waals surface area contributed by atoms with Crippen molar-refractivity contribution in [2.45, 2.75) is 25.7 Å². The zero-order valence-corrected chi connectivity index (χ0v) is 8.14. The van der Waals surface area contributed by atoms with Gasteiger partial charge < -0.3 is 0 Å². The Balaban J connectivity index is 0.000000845. The molecule has 1 aromatic rings. The number of pyridine rings is 1. The van der Waals surface area contributed by atoms with E-state index in [0.717, 1.165) is 18.5 Å². The van der Waals surface area contributed by atoms with Crippen molar-refractivity contribution in [3.8, 4) is 0 Å². The largest absolute Gasteiger partial charge is 0.300 e. The summed E-state index contributed by atoms with van der Waals surface area (Å²) >= 11 is 0. The molecule has 1 aliphatic carbocycles. The van der Waals surface area contributed by atoms with Crippen LogP contribution in [0.4, 0.5) is 0 Å². The number of halogens is 1. The molecule has 0 aliphatic heterocycles. The average molecular weight is 198 g/mol. The molecule has 0 bridgehead atoms. The summed E-state index contributed by atoms with van der Waals surface area (Å²) in [7, 11) is 0. The molecule has 1 heterocycles. The van der Waals surface area contributed by atoms with Gasteiger partial charge in [-0.2, -0.15) is 0 Å². The number of hydrogen-bond acceptors (Lipinski definition) is 2. The number of ketones is 1.